The molecule has 0 aromatic heterocycles. The summed E-state index contributed by atoms with van der Waals surface area (Å²) < 4.78 is 6.11. The Labute approximate surface area is 191 Å². The van der Waals surface area contributed by atoms with E-state index in [1.54, 1.807) is 0 Å². The third-order valence-corrected chi connectivity index (χ3v) is 5.71. The van der Waals surface area contributed by atoms with Crippen LogP contribution >= 0.6 is 0 Å². The van der Waals surface area contributed by atoms with Gasteiger partial charge in [-0.15, -0.1) is 0 Å². The Bertz CT molecular complexity index is 783. The van der Waals surface area contributed by atoms with Gasteiger partial charge < -0.3 is 14.9 Å². The summed E-state index contributed by atoms with van der Waals surface area (Å²) in [6, 6.07) is 18.5. The average Bonchev–Trinajstić information content (AvgIpc) is 2.78. The molecule has 5 nitrogen and oxygen atoms in total. The fraction of sp³-hybridized carbons (Fsp3) is 0.481. The summed E-state index contributed by atoms with van der Waals surface area (Å²) in [6.45, 7) is 0.652. The second-order valence-electron chi connectivity index (χ2n) is 8.30. The molecular weight excluding hydrogens is 404 g/mol. The van der Waals surface area contributed by atoms with Crippen LogP contribution in [0, 0.1) is 0 Å². The maximum atomic E-state index is 10.9. The molecule has 0 aliphatic heterocycles. The molecule has 5 heteroatoms. The van der Waals surface area contributed by atoms with Crippen LogP contribution in [0.1, 0.15) is 81.3 Å². The molecule has 0 fully saturated rings. The van der Waals surface area contributed by atoms with Gasteiger partial charge in [0.05, 0.1) is 6.61 Å². The number of benzene rings is 2. The van der Waals surface area contributed by atoms with E-state index in [4.69, 9.17) is 14.9 Å². The highest BCUT2D eigenvalue weighted by atomic mass is 16.5. The standard InChI is InChI=1S/C27H36O5/c28-26(29)19-10-15-23(16-11-20-27(30)31)24-17-7-8-18-25(24)32-21-9-2-1-4-12-22-13-5-3-6-14-22/h3,5-8,13-14,17-18,23H,1-2,4,9-12,15-16,19-21H2,(H,28,29)(H,30,31). The molecule has 0 heterocycles. The SMILES string of the molecule is O=C(O)CCCC(CCCC(=O)O)c1ccccc1OCCCCCCc1ccccc1. The number of hydrogen-bond acceptors (Lipinski definition) is 3. The molecule has 2 rings (SSSR count). The van der Waals surface area contributed by atoms with Gasteiger partial charge >= 0.3 is 11.9 Å². The minimum atomic E-state index is -0.800. The van der Waals surface area contributed by atoms with E-state index in [-0.39, 0.29) is 18.8 Å². The van der Waals surface area contributed by atoms with E-state index in [1.165, 1.54) is 18.4 Å². The Kier molecular flexibility index (Phi) is 12.0. The normalized spacial score (nSPS) is 10.9. The first-order valence-electron chi connectivity index (χ1n) is 11.8. The van der Waals surface area contributed by atoms with Crippen LogP contribution in [0.4, 0.5) is 0 Å². The van der Waals surface area contributed by atoms with Crippen LogP contribution in [0.2, 0.25) is 0 Å². The molecule has 0 spiro atoms. The average molecular weight is 441 g/mol. The van der Waals surface area contributed by atoms with Crippen LogP contribution in [0.25, 0.3) is 0 Å². The minimum Gasteiger partial charge on any atom is -0.493 e. The molecule has 0 aliphatic carbocycles. The fourth-order valence-electron chi connectivity index (χ4n) is 4.02. The lowest BCUT2D eigenvalue weighted by Crippen LogP contribution is -2.07. The van der Waals surface area contributed by atoms with Crippen LogP contribution in [0.15, 0.2) is 54.6 Å². The Morgan fingerprint density at radius 3 is 1.97 bits per heavy atom. The van der Waals surface area contributed by atoms with Crippen molar-refractivity contribution in [3.8, 4) is 5.75 Å². The molecule has 32 heavy (non-hydrogen) atoms. The van der Waals surface area contributed by atoms with E-state index in [2.05, 4.69) is 24.3 Å². The molecule has 2 aromatic rings. The largest absolute Gasteiger partial charge is 0.493 e. The summed E-state index contributed by atoms with van der Waals surface area (Å²) in [7, 11) is 0. The van der Waals surface area contributed by atoms with Crippen LogP contribution in [0.5, 0.6) is 5.75 Å². The first-order chi connectivity index (χ1) is 15.6. The molecule has 0 aliphatic rings. The summed E-state index contributed by atoms with van der Waals surface area (Å²) >= 11 is 0. The number of carboxylic acids is 2. The molecule has 2 aromatic carbocycles. The van der Waals surface area contributed by atoms with Gasteiger partial charge in [0.2, 0.25) is 0 Å². The molecule has 0 saturated heterocycles. The molecule has 0 unspecified atom stereocenters. The molecule has 174 valence electrons. The van der Waals surface area contributed by atoms with Crippen LogP contribution in [-0.2, 0) is 16.0 Å². The maximum absolute atomic E-state index is 10.9. The van der Waals surface area contributed by atoms with E-state index in [0.717, 1.165) is 30.6 Å². The van der Waals surface area contributed by atoms with Crippen molar-refractivity contribution in [1.29, 1.82) is 0 Å². The van der Waals surface area contributed by atoms with Gasteiger partial charge in [0.15, 0.2) is 0 Å². The van der Waals surface area contributed by atoms with Crippen molar-refractivity contribution in [2.24, 2.45) is 0 Å². The third kappa shape index (κ3) is 10.5. The molecule has 0 bridgehead atoms. The summed E-state index contributed by atoms with van der Waals surface area (Å²) in [5, 5.41) is 17.9. The summed E-state index contributed by atoms with van der Waals surface area (Å²) in [6.07, 6.45) is 8.40. The zero-order chi connectivity index (χ0) is 23.0. The Morgan fingerprint density at radius 1 is 0.719 bits per heavy atom. The van der Waals surface area contributed by atoms with Gasteiger partial charge in [-0.05, 0) is 68.1 Å². The van der Waals surface area contributed by atoms with Gasteiger partial charge in [-0.25, -0.2) is 0 Å². The van der Waals surface area contributed by atoms with Gasteiger partial charge in [0.25, 0.3) is 0 Å². The van der Waals surface area contributed by atoms with Gasteiger partial charge in [-0.1, -0.05) is 61.4 Å². The predicted molar refractivity (Wildman–Crippen MR) is 126 cm³/mol. The molecular formula is C27H36O5. The van der Waals surface area contributed by atoms with E-state index >= 15 is 0 Å². The number of aryl methyl sites for hydroxylation is 1. The quantitative estimate of drug-likeness (QED) is 0.276. The summed E-state index contributed by atoms with van der Waals surface area (Å²) in [5.74, 6) is -0.652. The van der Waals surface area contributed by atoms with Crippen LogP contribution in [0.3, 0.4) is 0 Å². The third-order valence-electron chi connectivity index (χ3n) is 5.71. The number of para-hydroxylation sites is 1. The highest BCUT2D eigenvalue weighted by Gasteiger charge is 2.17. The topological polar surface area (TPSA) is 83.8 Å². The van der Waals surface area contributed by atoms with Gasteiger partial charge in [0, 0.05) is 12.8 Å². The lowest BCUT2D eigenvalue weighted by Gasteiger charge is -2.20. The maximum Gasteiger partial charge on any atom is 0.303 e. The predicted octanol–water partition coefficient (Wildman–Crippen LogP) is 6.46. The van der Waals surface area contributed by atoms with E-state index in [1.807, 2.05) is 30.3 Å². The van der Waals surface area contributed by atoms with Crippen molar-refractivity contribution in [1.82, 2.24) is 0 Å². The van der Waals surface area contributed by atoms with E-state index in [0.29, 0.717) is 32.3 Å². The van der Waals surface area contributed by atoms with Gasteiger partial charge in [0.1, 0.15) is 5.75 Å². The van der Waals surface area contributed by atoms with Crippen molar-refractivity contribution in [2.75, 3.05) is 6.61 Å². The molecule has 0 saturated carbocycles. The number of aliphatic carboxylic acids is 2. The second kappa shape index (κ2) is 15.1. The first kappa shape index (κ1) is 25.4. The number of rotatable bonds is 17. The Hall–Kier alpha value is -2.82. The highest BCUT2D eigenvalue weighted by molar-refractivity contribution is 5.66. The fourth-order valence-corrected chi connectivity index (χ4v) is 4.02. The highest BCUT2D eigenvalue weighted by Crippen LogP contribution is 2.34. The molecule has 0 amide bonds. The van der Waals surface area contributed by atoms with Crippen LogP contribution in [-0.4, -0.2) is 28.8 Å². The van der Waals surface area contributed by atoms with Crippen molar-refractivity contribution in [2.45, 2.75) is 76.5 Å². The summed E-state index contributed by atoms with van der Waals surface area (Å²) in [5.41, 5.74) is 2.45. The number of unbranched alkanes of at least 4 members (excludes halogenated alkanes) is 3. The molecule has 2 N–H and O–H groups in total. The van der Waals surface area contributed by atoms with Crippen molar-refractivity contribution >= 4 is 11.9 Å². The minimum absolute atomic E-state index is 0.107. The number of carboxylic acid groups (broad SMARTS) is 2. The number of ether oxygens (including phenoxy) is 1. The van der Waals surface area contributed by atoms with Crippen molar-refractivity contribution in [3.05, 3.63) is 65.7 Å². The zero-order valence-electron chi connectivity index (χ0n) is 18.9. The molecule has 0 atom stereocenters. The number of hydrogen-bond donors (Lipinski definition) is 2. The Balaban J connectivity index is 1.81. The first-order valence-corrected chi connectivity index (χ1v) is 11.8. The zero-order valence-corrected chi connectivity index (χ0v) is 18.9. The smallest absolute Gasteiger partial charge is 0.303 e. The van der Waals surface area contributed by atoms with Gasteiger partial charge in [-0.2, -0.15) is 0 Å². The van der Waals surface area contributed by atoms with E-state index in [9.17, 15) is 9.59 Å². The lowest BCUT2D eigenvalue weighted by atomic mass is 9.88. The monoisotopic (exact) mass is 440 g/mol. The molecule has 0 radical (unpaired) electrons. The lowest BCUT2D eigenvalue weighted by molar-refractivity contribution is -0.138. The van der Waals surface area contributed by atoms with Crippen molar-refractivity contribution < 1.29 is 24.5 Å². The number of carbonyl (C=O) groups is 2. The van der Waals surface area contributed by atoms with Crippen LogP contribution < -0.4 is 4.74 Å². The van der Waals surface area contributed by atoms with Crippen molar-refractivity contribution in [3.63, 3.8) is 0 Å². The van der Waals surface area contributed by atoms with Gasteiger partial charge in [-0.3, -0.25) is 9.59 Å². The van der Waals surface area contributed by atoms with E-state index < -0.39 is 11.9 Å². The Morgan fingerprint density at radius 2 is 1.31 bits per heavy atom. The summed E-state index contributed by atoms with van der Waals surface area (Å²) in [4.78, 5) is 21.8. The second-order valence-corrected chi connectivity index (χ2v) is 8.30.